The lowest BCUT2D eigenvalue weighted by Crippen LogP contribution is -1.92. The number of hydrogen-bond acceptors (Lipinski definition) is 2. The fourth-order valence-electron chi connectivity index (χ4n) is 1.96. The van der Waals surface area contributed by atoms with Crippen molar-refractivity contribution in [2.45, 2.75) is 0 Å². The number of pyridine rings is 1. The lowest BCUT2D eigenvalue weighted by atomic mass is 10.2. The first kappa shape index (κ1) is 13.5. The van der Waals surface area contributed by atoms with Crippen LogP contribution in [0, 0.1) is 0 Å². The fourth-order valence-corrected chi connectivity index (χ4v) is 2.42. The molecule has 3 rings (SSSR count). The Morgan fingerprint density at radius 2 is 1.70 bits per heavy atom. The quantitative estimate of drug-likeness (QED) is 0.631. The van der Waals surface area contributed by atoms with Gasteiger partial charge in [-0.3, -0.25) is 4.98 Å². The molecule has 5 heteroatoms. The summed E-state index contributed by atoms with van der Waals surface area (Å²) in [4.78, 5) is 4.30. The molecule has 0 bridgehead atoms. The predicted octanol–water partition coefficient (Wildman–Crippen LogP) is 5.94. The number of aromatic nitrogens is 1. The molecule has 0 amide bonds. The second kappa shape index (κ2) is 5.49. The summed E-state index contributed by atoms with van der Waals surface area (Å²) in [5.41, 5.74) is 2.63. The minimum atomic E-state index is 0.512. The van der Waals surface area contributed by atoms with Crippen molar-refractivity contribution in [3.8, 4) is 0 Å². The molecule has 0 spiro atoms. The summed E-state index contributed by atoms with van der Waals surface area (Å²) < 4.78 is 0. The van der Waals surface area contributed by atoms with Crippen LogP contribution in [0.4, 0.5) is 11.4 Å². The molecule has 0 saturated carbocycles. The Balaban J connectivity index is 2.04. The average Bonchev–Trinajstić information content (AvgIpc) is 2.43. The highest BCUT2D eigenvalue weighted by Gasteiger charge is 2.04. The predicted molar refractivity (Wildman–Crippen MR) is 86.5 cm³/mol. The highest BCUT2D eigenvalue weighted by molar-refractivity contribution is 6.42. The molecule has 0 aliphatic rings. The van der Waals surface area contributed by atoms with Crippen LogP contribution in [0.1, 0.15) is 0 Å². The van der Waals surface area contributed by atoms with Gasteiger partial charge in [0.1, 0.15) is 0 Å². The smallest absolute Gasteiger partial charge is 0.0737 e. The molecular formula is C15H9Cl3N2. The number of nitrogens with one attached hydrogen (secondary N) is 1. The second-order valence-corrected chi connectivity index (χ2v) is 5.52. The minimum Gasteiger partial charge on any atom is -0.355 e. The van der Waals surface area contributed by atoms with Crippen molar-refractivity contribution in [2.24, 2.45) is 0 Å². The van der Waals surface area contributed by atoms with Crippen LogP contribution in [-0.2, 0) is 0 Å². The molecule has 1 N–H and O–H groups in total. The summed E-state index contributed by atoms with van der Waals surface area (Å²) in [6.45, 7) is 0. The minimum absolute atomic E-state index is 0.512. The molecule has 1 heterocycles. The molecule has 0 fully saturated rings. The van der Waals surface area contributed by atoms with E-state index < -0.39 is 0 Å². The Kier molecular flexibility index (Phi) is 3.70. The normalized spacial score (nSPS) is 10.8. The summed E-state index contributed by atoms with van der Waals surface area (Å²) in [6, 6.07) is 12.9. The van der Waals surface area contributed by atoms with Crippen LogP contribution in [-0.4, -0.2) is 4.98 Å². The van der Waals surface area contributed by atoms with Crippen LogP contribution in [0.25, 0.3) is 10.9 Å². The highest BCUT2D eigenvalue weighted by Crippen LogP contribution is 2.30. The summed E-state index contributed by atoms with van der Waals surface area (Å²) in [5.74, 6) is 0. The van der Waals surface area contributed by atoms with E-state index in [-0.39, 0.29) is 0 Å². The van der Waals surface area contributed by atoms with Crippen molar-refractivity contribution in [3.05, 3.63) is 63.7 Å². The third-order valence-electron chi connectivity index (χ3n) is 2.90. The van der Waals surface area contributed by atoms with Gasteiger partial charge in [-0.1, -0.05) is 34.8 Å². The van der Waals surface area contributed by atoms with E-state index in [4.69, 9.17) is 34.8 Å². The maximum absolute atomic E-state index is 6.02. The zero-order valence-electron chi connectivity index (χ0n) is 10.2. The van der Waals surface area contributed by atoms with Crippen molar-refractivity contribution in [1.82, 2.24) is 4.98 Å². The number of halogens is 3. The monoisotopic (exact) mass is 322 g/mol. The number of benzene rings is 2. The van der Waals surface area contributed by atoms with Gasteiger partial charge < -0.3 is 5.32 Å². The van der Waals surface area contributed by atoms with Gasteiger partial charge >= 0.3 is 0 Å². The first-order valence-corrected chi connectivity index (χ1v) is 7.03. The Bertz CT molecular complexity index is 787. The number of rotatable bonds is 2. The molecule has 0 aliphatic carbocycles. The molecule has 20 heavy (non-hydrogen) atoms. The first-order valence-electron chi connectivity index (χ1n) is 5.90. The molecular weight excluding hydrogens is 315 g/mol. The van der Waals surface area contributed by atoms with Crippen LogP contribution in [0.15, 0.2) is 48.7 Å². The van der Waals surface area contributed by atoms with Gasteiger partial charge in [0.15, 0.2) is 0 Å². The Morgan fingerprint density at radius 1 is 0.850 bits per heavy atom. The third-order valence-corrected chi connectivity index (χ3v) is 3.88. The number of anilines is 2. The van der Waals surface area contributed by atoms with Gasteiger partial charge in [0.25, 0.3) is 0 Å². The standard InChI is InChI=1S/C15H9Cl3N2/c16-9-1-3-11-14(5-6-19-15(11)7-9)20-10-2-4-12(17)13(18)8-10/h1-8H,(H,19,20). The molecule has 2 aromatic carbocycles. The van der Waals surface area contributed by atoms with Crippen LogP contribution >= 0.6 is 34.8 Å². The van der Waals surface area contributed by atoms with Gasteiger partial charge in [0, 0.05) is 28.0 Å². The van der Waals surface area contributed by atoms with Gasteiger partial charge in [0.05, 0.1) is 15.6 Å². The first-order chi connectivity index (χ1) is 9.63. The fraction of sp³-hybridized carbons (Fsp3) is 0. The van der Waals surface area contributed by atoms with E-state index in [1.807, 2.05) is 30.3 Å². The molecule has 0 aliphatic heterocycles. The van der Waals surface area contributed by atoms with Crippen molar-refractivity contribution < 1.29 is 0 Å². The molecule has 0 unspecified atom stereocenters. The van der Waals surface area contributed by atoms with Crippen LogP contribution in [0.3, 0.4) is 0 Å². The maximum atomic E-state index is 6.02. The van der Waals surface area contributed by atoms with Crippen molar-refractivity contribution >= 4 is 57.1 Å². The van der Waals surface area contributed by atoms with E-state index in [9.17, 15) is 0 Å². The number of fused-ring (bicyclic) bond motifs is 1. The Labute approximate surface area is 131 Å². The van der Waals surface area contributed by atoms with Crippen LogP contribution in [0.2, 0.25) is 15.1 Å². The topological polar surface area (TPSA) is 24.9 Å². The Morgan fingerprint density at radius 3 is 2.50 bits per heavy atom. The van der Waals surface area contributed by atoms with E-state index in [0.717, 1.165) is 22.3 Å². The lowest BCUT2D eigenvalue weighted by Gasteiger charge is -2.10. The Hall–Kier alpha value is -1.48. The molecule has 0 radical (unpaired) electrons. The van der Waals surface area contributed by atoms with Crippen LogP contribution < -0.4 is 5.32 Å². The second-order valence-electron chi connectivity index (χ2n) is 4.27. The van der Waals surface area contributed by atoms with Gasteiger partial charge in [-0.15, -0.1) is 0 Å². The maximum Gasteiger partial charge on any atom is 0.0737 e. The summed E-state index contributed by atoms with van der Waals surface area (Å²) >= 11 is 17.9. The molecule has 100 valence electrons. The molecule has 3 aromatic rings. The van der Waals surface area contributed by atoms with Crippen molar-refractivity contribution in [2.75, 3.05) is 5.32 Å². The largest absolute Gasteiger partial charge is 0.355 e. The zero-order valence-corrected chi connectivity index (χ0v) is 12.5. The van der Waals surface area contributed by atoms with Gasteiger partial charge in [0.2, 0.25) is 0 Å². The summed E-state index contributed by atoms with van der Waals surface area (Å²) in [7, 11) is 0. The molecule has 0 atom stereocenters. The van der Waals surface area contributed by atoms with E-state index in [1.165, 1.54) is 0 Å². The zero-order chi connectivity index (χ0) is 14.1. The van der Waals surface area contributed by atoms with Gasteiger partial charge in [-0.05, 0) is 42.5 Å². The highest BCUT2D eigenvalue weighted by atomic mass is 35.5. The average molecular weight is 324 g/mol. The van der Waals surface area contributed by atoms with Crippen molar-refractivity contribution in [3.63, 3.8) is 0 Å². The van der Waals surface area contributed by atoms with E-state index in [2.05, 4.69) is 10.3 Å². The van der Waals surface area contributed by atoms with Crippen molar-refractivity contribution in [1.29, 1.82) is 0 Å². The molecule has 1 aromatic heterocycles. The molecule has 0 saturated heterocycles. The SMILES string of the molecule is Clc1ccc2c(Nc3ccc(Cl)c(Cl)c3)ccnc2c1. The summed E-state index contributed by atoms with van der Waals surface area (Å²) in [6.07, 6.45) is 1.73. The van der Waals surface area contributed by atoms with Gasteiger partial charge in [-0.2, -0.15) is 0 Å². The van der Waals surface area contributed by atoms with E-state index in [0.29, 0.717) is 15.1 Å². The van der Waals surface area contributed by atoms with E-state index in [1.54, 1.807) is 18.3 Å². The summed E-state index contributed by atoms with van der Waals surface area (Å²) in [5, 5.41) is 6.00. The molecule has 2 nitrogen and oxygen atoms in total. The lowest BCUT2D eigenvalue weighted by molar-refractivity contribution is 1.40. The third kappa shape index (κ3) is 2.68. The number of hydrogen-bond donors (Lipinski definition) is 1. The van der Waals surface area contributed by atoms with E-state index >= 15 is 0 Å². The van der Waals surface area contributed by atoms with Crippen LogP contribution in [0.5, 0.6) is 0 Å². The van der Waals surface area contributed by atoms with Gasteiger partial charge in [-0.25, -0.2) is 0 Å². The number of nitrogens with zero attached hydrogens (tertiary/aromatic N) is 1.